The summed E-state index contributed by atoms with van der Waals surface area (Å²) in [4.78, 5) is 13.4. The first-order valence-corrected chi connectivity index (χ1v) is 7.03. The molecule has 1 heterocycles. The fourth-order valence-electron chi connectivity index (χ4n) is 1.87. The highest BCUT2D eigenvalue weighted by Crippen LogP contribution is 2.28. The van der Waals surface area contributed by atoms with E-state index in [9.17, 15) is 4.79 Å². The van der Waals surface area contributed by atoms with E-state index < -0.39 is 5.60 Å². The first-order chi connectivity index (χ1) is 9.24. The second-order valence-corrected chi connectivity index (χ2v) is 6.47. The molecular formula is C15H20ClNO3. The molecule has 110 valence electrons. The van der Waals surface area contributed by atoms with Gasteiger partial charge in [-0.05, 0) is 45.4 Å². The number of hydrogen-bond donors (Lipinski definition) is 0. The lowest BCUT2D eigenvalue weighted by Gasteiger charge is -2.39. The Morgan fingerprint density at radius 2 is 2.00 bits per heavy atom. The average Bonchev–Trinajstić information content (AvgIpc) is 2.22. The minimum Gasteiger partial charge on any atom is -0.485 e. The summed E-state index contributed by atoms with van der Waals surface area (Å²) >= 11 is 6.11. The Balaban J connectivity index is 1.83. The number of aryl methyl sites for hydroxylation is 1. The lowest BCUT2D eigenvalue weighted by Crippen LogP contribution is -2.57. The van der Waals surface area contributed by atoms with E-state index in [-0.39, 0.29) is 12.2 Å². The van der Waals surface area contributed by atoms with Gasteiger partial charge in [0.05, 0.1) is 18.1 Å². The van der Waals surface area contributed by atoms with Crippen molar-refractivity contribution in [1.29, 1.82) is 0 Å². The van der Waals surface area contributed by atoms with Crippen LogP contribution in [0.4, 0.5) is 4.79 Å². The van der Waals surface area contributed by atoms with E-state index in [1.165, 1.54) is 0 Å². The summed E-state index contributed by atoms with van der Waals surface area (Å²) in [5.41, 5.74) is 0.620. The Morgan fingerprint density at radius 1 is 1.35 bits per heavy atom. The molecule has 1 aromatic rings. The van der Waals surface area contributed by atoms with Gasteiger partial charge in [-0.25, -0.2) is 4.79 Å². The van der Waals surface area contributed by atoms with Crippen molar-refractivity contribution in [2.24, 2.45) is 0 Å². The third kappa shape index (κ3) is 3.79. The summed E-state index contributed by atoms with van der Waals surface area (Å²) in [5.74, 6) is 0.658. The van der Waals surface area contributed by atoms with Crippen molar-refractivity contribution in [2.45, 2.75) is 39.4 Å². The van der Waals surface area contributed by atoms with Gasteiger partial charge in [0, 0.05) is 0 Å². The van der Waals surface area contributed by atoms with Crippen molar-refractivity contribution in [2.75, 3.05) is 13.1 Å². The van der Waals surface area contributed by atoms with Crippen molar-refractivity contribution in [3.63, 3.8) is 0 Å². The highest BCUT2D eigenvalue weighted by Gasteiger charge is 2.35. The summed E-state index contributed by atoms with van der Waals surface area (Å²) < 4.78 is 11.1. The maximum Gasteiger partial charge on any atom is 0.410 e. The topological polar surface area (TPSA) is 38.8 Å². The van der Waals surface area contributed by atoms with Crippen LogP contribution in [0.1, 0.15) is 26.3 Å². The van der Waals surface area contributed by atoms with Gasteiger partial charge < -0.3 is 14.4 Å². The predicted octanol–water partition coefficient (Wildman–Crippen LogP) is 3.65. The molecule has 0 bridgehead atoms. The first kappa shape index (κ1) is 15.0. The molecule has 5 heteroatoms. The van der Waals surface area contributed by atoms with Crippen LogP contribution in [-0.2, 0) is 4.74 Å². The molecule has 1 aromatic carbocycles. The minimum absolute atomic E-state index is 0.0253. The maximum absolute atomic E-state index is 11.8. The monoisotopic (exact) mass is 297 g/mol. The SMILES string of the molecule is Cc1ccc(OC2CN(C(=O)OC(C)(C)C)C2)c(Cl)c1. The van der Waals surface area contributed by atoms with Gasteiger partial charge >= 0.3 is 6.09 Å². The third-order valence-corrected chi connectivity index (χ3v) is 3.18. The van der Waals surface area contributed by atoms with Gasteiger partial charge in [-0.3, -0.25) is 0 Å². The average molecular weight is 298 g/mol. The molecule has 0 aromatic heterocycles. The molecule has 1 aliphatic heterocycles. The molecule has 1 fully saturated rings. The highest BCUT2D eigenvalue weighted by atomic mass is 35.5. The van der Waals surface area contributed by atoms with Gasteiger partial charge in [0.25, 0.3) is 0 Å². The van der Waals surface area contributed by atoms with Crippen LogP contribution in [0.3, 0.4) is 0 Å². The summed E-state index contributed by atoms with van der Waals surface area (Å²) in [5, 5.41) is 0.598. The Labute approximate surface area is 124 Å². The smallest absolute Gasteiger partial charge is 0.410 e. The van der Waals surface area contributed by atoms with Gasteiger partial charge in [0.2, 0.25) is 0 Å². The fraction of sp³-hybridized carbons (Fsp3) is 0.533. The molecule has 20 heavy (non-hydrogen) atoms. The molecule has 0 unspecified atom stereocenters. The number of carbonyl (C=O) groups is 1. The highest BCUT2D eigenvalue weighted by molar-refractivity contribution is 6.32. The Kier molecular flexibility index (Phi) is 4.14. The number of nitrogens with zero attached hydrogens (tertiary/aromatic N) is 1. The molecule has 0 saturated carbocycles. The van der Waals surface area contributed by atoms with Crippen LogP contribution in [0.25, 0.3) is 0 Å². The molecule has 4 nitrogen and oxygen atoms in total. The van der Waals surface area contributed by atoms with Crippen LogP contribution in [-0.4, -0.2) is 35.8 Å². The molecular weight excluding hydrogens is 278 g/mol. The van der Waals surface area contributed by atoms with Crippen molar-refractivity contribution in [1.82, 2.24) is 4.90 Å². The molecule has 2 rings (SSSR count). The number of rotatable bonds is 2. The van der Waals surface area contributed by atoms with E-state index in [1.807, 2.05) is 45.9 Å². The zero-order chi connectivity index (χ0) is 14.9. The number of carbonyl (C=O) groups excluding carboxylic acids is 1. The predicted molar refractivity (Wildman–Crippen MR) is 78.4 cm³/mol. The van der Waals surface area contributed by atoms with E-state index in [1.54, 1.807) is 4.90 Å². The number of benzene rings is 1. The summed E-state index contributed by atoms with van der Waals surface area (Å²) in [6, 6.07) is 5.67. The normalized spacial score (nSPS) is 15.8. The Bertz CT molecular complexity index is 504. The van der Waals surface area contributed by atoms with Crippen LogP contribution in [0.5, 0.6) is 5.75 Å². The largest absolute Gasteiger partial charge is 0.485 e. The van der Waals surface area contributed by atoms with Gasteiger partial charge in [0.1, 0.15) is 17.5 Å². The van der Waals surface area contributed by atoms with Crippen LogP contribution in [0, 0.1) is 6.92 Å². The summed E-state index contributed by atoms with van der Waals surface area (Å²) in [6.07, 6.45) is -0.324. The van der Waals surface area contributed by atoms with Gasteiger partial charge in [-0.15, -0.1) is 0 Å². The van der Waals surface area contributed by atoms with Gasteiger partial charge in [-0.1, -0.05) is 17.7 Å². The Hall–Kier alpha value is -1.42. The lowest BCUT2D eigenvalue weighted by molar-refractivity contribution is -0.0221. The minimum atomic E-state index is -0.469. The van der Waals surface area contributed by atoms with Crippen LogP contribution in [0.2, 0.25) is 5.02 Å². The van der Waals surface area contributed by atoms with E-state index in [2.05, 4.69) is 0 Å². The zero-order valence-corrected chi connectivity index (χ0v) is 13.0. The fourth-order valence-corrected chi connectivity index (χ4v) is 2.15. The second-order valence-electron chi connectivity index (χ2n) is 6.06. The van der Waals surface area contributed by atoms with Crippen molar-refractivity contribution in [3.05, 3.63) is 28.8 Å². The number of likely N-dealkylation sites (tertiary alicyclic amines) is 1. The molecule has 0 N–H and O–H groups in total. The standard InChI is InChI=1S/C15H20ClNO3/c1-10-5-6-13(12(16)7-10)19-11-8-17(9-11)14(18)20-15(2,3)4/h5-7,11H,8-9H2,1-4H3. The summed E-state index contributed by atoms with van der Waals surface area (Å²) in [6.45, 7) is 8.59. The molecule has 1 saturated heterocycles. The molecule has 1 aliphatic rings. The van der Waals surface area contributed by atoms with Crippen molar-refractivity contribution >= 4 is 17.7 Å². The number of halogens is 1. The Morgan fingerprint density at radius 3 is 2.55 bits per heavy atom. The van der Waals surface area contributed by atoms with Crippen molar-refractivity contribution in [3.8, 4) is 5.75 Å². The van der Waals surface area contributed by atoms with Crippen LogP contribution < -0.4 is 4.74 Å². The van der Waals surface area contributed by atoms with Crippen molar-refractivity contribution < 1.29 is 14.3 Å². The van der Waals surface area contributed by atoms with Gasteiger partial charge in [0.15, 0.2) is 0 Å². The molecule has 0 aliphatic carbocycles. The first-order valence-electron chi connectivity index (χ1n) is 6.65. The van der Waals surface area contributed by atoms with E-state index in [0.29, 0.717) is 23.9 Å². The van der Waals surface area contributed by atoms with E-state index in [4.69, 9.17) is 21.1 Å². The number of ether oxygens (including phenoxy) is 2. The number of amides is 1. The second kappa shape index (κ2) is 5.52. The molecule has 0 spiro atoms. The zero-order valence-electron chi connectivity index (χ0n) is 12.3. The van der Waals surface area contributed by atoms with Crippen LogP contribution >= 0.6 is 11.6 Å². The lowest BCUT2D eigenvalue weighted by atomic mass is 10.1. The maximum atomic E-state index is 11.8. The summed E-state index contributed by atoms with van der Waals surface area (Å²) in [7, 11) is 0. The third-order valence-electron chi connectivity index (χ3n) is 2.88. The quantitative estimate of drug-likeness (QED) is 0.836. The molecule has 0 radical (unpaired) electrons. The molecule has 1 amide bonds. The van der Waals surface area contributed by atoms with Crippen LogP contribution in [0.15, 0.2) is 18.2 Å². The molecule has 0 atom stereocenters. The number of hydrogen-bond acceptors (Lipinski definition) is 3. The van der Waals surface area contributed by atoms with E-state index in [0.717, 1.165) is 5.56 Å². The van der Waals surface area contributed by atoms with E-state index >= 15 is 0 Å². The van der Waals surface area contributed by atoms with Gasteiger partial charge in [-0.2, -0.15) is 0 Å².